The van der Waals surface area contributed by atoms with Crippen molar-refractivity contribution in [2.24, 2.45) is 0 Å². The number of carbonyl (C=O) groups is 1. The van der Waals surface area contributed by atoms with Gasteiger partial charge in [-0.05, 0) is 25.0 Å². The van der Waals surface area contributed by atoms with Gasteiger partial charge in [-0.1, -0.05) is 17.3 Å². The van der Waals surface area contributed by atoms with Crippen molar-refractivity contribution in [3.63, 3.8) is 0 Å². The van der Waals surface area contributed by atoms with Gasteiger partial charge in [-0.3, -0.25) is 4.79 Å². The Balaban J connectivity index is 1.61. The molecule has 0 unspecified atom stereocenters. The van der Waals surface area contributed by atoms with E-state index >= 15 is 0 Å². The summed E-state index contributed by atoms with van der Waals surface area (Å²) in [5.74, 6) is 0.529. The molecule has 0 N–H and O–H groups in total. The van der Waals surface area contributed by atoms with Crippen molar-refractivity contribution in [2.45, 2.75) is 25.7 Å². The Morgan fingerprint density at radius 1 is 1.33 bits per heavy atom. The van der Waals surface area contributed by atoms with Crippen LogP contribution in [0.4, 0.5) is 4.39 Å². The summed E-state index contributed by atoms with van der Waals surface area (Å²) in [6.07, 6.45) is 2.94. The highest BCUT2D eigenvalue weighted by Crippen LogP contribution is 2.17. The molecule has 0 bridgehead atoms. The molecule has 0 atom stereocenters. The monoisotopic (exact) mass is 289 g/mol. The van der Waals surface area contributed by atoms with Crippen LogP contribution in [0.3, 0.4) is 0 Å². The molecule has 21 heavy (non-hydrogen) atoms. The lowest BCUT2D eigenvalue weighted by Gasteiger charge is -2.13. The molecule has 1 aliphatic rings. The second-order valence-corrected chi connectivity index (χ2v) is 5.11. The van der Waals surface area contributed by atoms with Gasteiger partial charge in [0.2, 0.25) is 17.6 Å². The summed E-state index contributed by atoms with van der Waals surface area (Å²) in [5, 5.41) is 3.83. The lowest BCUT2D eigenvalue weighted by atomic mass is 10.2. The quantitative estimate of drug-likeness (QED) is 0.867. The molecule has 5 nitrogen and oxygen atoms in total. The zero-order valence-corrected chi connectivity index (χ0v) is 11.6. The molecule has 1 aromatic carbocycles. The highest BCUT2D eigenvalue weighted by Gasteiger charge is 2.18. The predicted octanol–water partition coefficient (Wildman–Crippen LogP) is 2.43. The van der Waals surface area contributed by atoms with Crippen molar-refractivity contribution >= 4 is 5.91 Å². The number of nitrogens with zero attached hydrogens (tertiary/aromatic N) is 3. The first kappa shape index (κ1) is 13.7. The van der Waals surface area contributed by atoms with E-state index < -0.39 is 0 Å². The molecule has 0 spiro atoms. The molecule has 1 amide bonds. The van der Waals surface area contributed by atoms with Crippen molar-refractivity contribution in [2.75, 3.05) is 13.1 Å². The highest BCUT2D eigenvalue weighted by atomic mass is 19.1. The molecule has 1 aliphatic heterocycles. The van der Waals surface area contributed by atoms with E-state index in [1.807, 2.05) is 4.90 Å². The van der Waals surface area contributed by atoms with Crippen molar-refractivity contribution in [3.8, 4) is 11.4 Å². The Hall–Kier alpha value is -2.24. The summed E-state index contributed by atoms with van der Waals surface area (Å²) in [6, 6.07) is 6.02. The third-order valence-electron chi connectivity index (χ3n) is 3.56. The van der Waals surface area contributed by atoms with Gasteiger partial charge >= 0.3 is 0 Å². The molecule has 2 heterocycles. The van der Waals surface area contributed by atoms with Crippen LogP contribution < -0.4 is 0 Å². The van der Waals surface area contributed by atoms with E-state index in [9.17, 15) is 9.18 Å². The number of hydrogen-bond donors (Lipinski definition) is 0. The minimum Gasteiger partial charge on any atom is -0.343 e. The van der Waals surface area contributed by atoms with Crippen LogP contribution in [0, 0.1) is 5.82 Å². The maximum atomic E-state index is 13.1. The Bertz CT molecular complexity index is 635. The molecular weight excluding hydrogens is 273 g/mol. The maximum absolute atomic E-state index is 13.1. The van der Waals surface area contributed by atoms with Crippen molar-refractivity contribution in [1.29, 1.82) is 0 Å². The number of likely N-dealkylation sites (tertiary alicyclic amines) is 1. The number of hydrogen-bond acceptors (Lipinski definition) is 4. The molecule has 0 radical (unpaired) electrons. The highest BCUT2D eigenvalue weighted by molar-refractivity contribution is 5.76. The van der Waals surface area contributed by atoms with E-state index in [1.165, 1.54) is 12.1 Å². The number of aromatic nitrogens is 2. The van der Waals surface area contributed by atoms with E-state index in [0.717, 1.165) is 25.9 Å². The zero-order valence-electron chi connectivity index (χ0n) is 11.6. The third-order valence-corrected chi connectivity index (χ3v) is 3.56. The van der Waals surface area contributed by atoms with Crippen LogP contribution in [-0.4, -0.2) is 34.0 Å². The van der Waals surface area contributed by atoms with E-state index in [1.54, 1.807) is 12.1 Å². The lowest BCUT2D eigenvalue weighted by Crippen LogP contribution is -2.27. The van der Waals surface area contributed by atoms with E-state index in [-0.39, 0.29) is 11.7 Å². The fourth-order valence-corrected chi connectivity index (χ4v) is 2.44. The Labute approximate surface area is 121 Å². The Morgan fingerprint density at radius 3 is 2.90 bits per heavy atom. The number of carbonyl (C=O) groups excluding carboxylic acids is 1. The smallest absolute Gasteiger partial charge is 0.227 e. The van der Waals surface area contributed by atoms with Crippen LogP contribution in [0.2, 0.25) is 0 Å². The topological polar surface area (TPSA) is 59.2 Å². The molecule has 1 aromatic heterocycles. The van der Waals surface area contributed by atoms with Crippen molar-refractivity contribution < 1.29 is 13.7 Å². The van der Waals surface area contributed by atoms with Gasteiger partial charge in [-0.25, -0.2) is 4.39 Å². The van der Waals surface area contributed by atoms with Crippen LogP contribution in [0.25, 0.3) is 11.4 Å². The molecule has 1 fully saturated rings. The molecular formula is C15H16FN3O2. The average molecular weight is 289 g/mol. The van der Waals surface area contributed by atoms with Crippen LogP contribution >= 0.6 is 0 Å². The summed E-state index contributed by atoms with van der Waals surface area (Å²) >= 11 is 0. The summed E-state index contributed by atoms with van der Waals surface area (Å²) < 4.78 is 18.3. The number of rotatable bonds is 4. The van der Waals surface area contributed by atoms with E-state index in [4.69, 9.17) is 4.52 Å². The van der Waals surface area contributed by atoms with E-state index in [0.29, 0.717) is 30.1 Å². The van der Waals surface area contributed by atoms with Crippen LogP contribution in [0.15, 0.2) is 28.8 Å². The number of amides is 1. The van der Waals surface area contributed by atoms with Gasteiger partial charge in [-0.2, -0.15) is 4.98 Å². The van der Waals surface area contributed by atoms with Crippen LogP contribution in [0.5, 0.6) is 0 Å². The predicted molar refractivity (Wildman–Crippen MR) is 73.8 cm³/mol. The van der Waals surface area contributed by atoms with Crippen LogP contribution in [0.1, 0.15) is 25.2 Å². The molecule has 1 saturated heterocycles. The summed E-state index contributed by atoms with van der Waals surface area (Å²) in [5.41, 5.74) is 0.566. The summed E-state index contributed by atoms with van der Waals surface area (Å²) in [6.45, 7) is 1.69. The Morgan fingerprint density at radius 2 is 2.14 bits per heavy atom. The maximum Gasteiger partial charge on any atom is 0.227 e. The summed E-state index contributed by atoms with van der Waals surface area (Å²) in [7, 11) is 0. The Kier molecular flexibility index (Phi) is 3.94. The second kappa shape index (κ2) is 6.03. The van der Waals surface area contributed by atoms with Crippen LogP contribution in [-0.2, 0) is 11.2 Å². The van der Waals surface area contributed by atoms with E-state index in [2.05, 4.69) is 10.1 Å². The normalized spacial score (nSPS) is 14.6. The molecule has 0 saturated carbocycles. The first-order valence-corrected chi connectivity index (χ1v) is 7.09. The largest absolute Gasteiger partial charge is 0.343 e. The molecule has 2 aromatic rings. The van der Waals surface area contributed by atoms with Gasteiger partial charge in [0, 0.05) is 31.5 Å². The van der Waals surface area contributed by atoms with Gasteiger partial charge in [0.05, 0.1) is 0 Å². The molecule has 110 valence electrons. The fourth-order valence-electron chi connectivity index (χ4n) is 2.44. The average Bonchev–Trinajstić information content (AvgIpc) is 3.16. The molecule has 6 heteroatoms. The first-order valence-electron chi connectivity index (χ1n) is 7.09. The number of benzene rings is 1. The van der Waals surface area contributed by atoms with Gasteiger partial charge in [0.1, 0.15) is 5.82 Å². The number of halogens is 1. The standard InChI is InChI=1S/C15H16FN3O2/c16-12-5-3-4-11(10-12)15-17-13(21-18-15)6-7-14(20)19-8-1-2-9-19/h3-5,10H,1-2,6-9H2. The molecule has 3 rings (SSSR count). The van der Waals surface area contributed by atoms with Gasteiger partial charge in [0.25, 0.3) is 0 Å². The van der Waals surface area contributed by atoms with Gasteiger partial charge in [0.15, 0.2) is 0 Å². The van der Waals surface area contributed by atoms with Gasteiger partial charge in [-0.15, -0.1) is 0 Å². The third kappa shape index (κ3) is 3.26. The number of aryl methyl sites for hydroxylation is 1. The van der Waals surface area contributed by atoms with Crippen molar-refractivity contribution in [1.82, 2.24) is 15.0 Å². The molecule has 0 aliphatic carbocycles. The lowest BCUT2D eigenvalue weighted by molar-refractivity contribution is -0.130. The first-order chi connectivity index (χ1) is 10.2. The summed E-state index contributed by atoms with van der Waals surface area (Å²) in [4.78, 5) is 18.0. The van der Waals surface area contributed by atoms with Gasteiger partial charge < -0.3 is 9.42 Å². The fraction of sp³-hybridized carbons (Fsp3) is 0.400. The second-order valence-electron chi connectivity index (χ2n) is 5.11. The van der Waals surface area contributed by atoms with Crippen molar-refractivity contribution in [3.05, 3.63) is 36.0 Å². The minimum absolute atomic E-state index is 0.123. The zero-order chi connectivity index (χ0) is 14.7. The SMILES string of the molecule is O=C(CCc1nc(-c2cccc(F)c2)no1)N1CCCC1. The minimum atomic E-state index is -0.344.